The van der Waals surface area contributed by atoms with Crippen LogP contribution in [0.4, 0.5) is 8.78 Å². The molecule has 0 aliphatic heterocycles. The first-order valence-electron chi connectivity index (χ1n) is 3.37. The van der Waals surface area contributed by atoms with Crippen LogP contribution in [0.3, 0.4) is 0 Å². The second kappa shape index (κ2) is 7.01. The van der Waals surface area contributed by atoms with E-state index in [4.69, 9.17) is 0 Å². The van der Waals surface area contributed by atoms with Crippen molar-refractivity contribution in [3.63, 3.8) is 0 Å². The van der Waals surface area contributed by atoms with Crippen molar-refractivity contribution in [3.8, 4) is 0 Å². The number of halogens is 3. The molecule has 1 aromatic carbocycles. The van der Waals surface area contributed by atoms with E-state index in [9.17, 15) is 13.6 Å². The first kappa shape index (κ1) is 13.7. The molecule has 0 heterocycles. The minimum absolute atomic E-state index is 0.161. The van der Waals surface area contributed by atoms with Crippen LogP contribution in [-0.2, 0) is 21.1 Å². The van der Waals surface area contributed by atoms with Crippen LogP contribution in [0.1, 0.15) is 10.4 Å². The monoisotopic (exact) mass is 314 g/mol. The quantitative estimate of drug-likeness (QED) is 0.452. The Hall–Kier alpha value is -0.347. The zero-order valence-corrected chi connectivity index (χ0v) is 11.9. The number of carbonyl (C=O) groups excluding carboxylic acids is 1. The third kappa shape index (κ3) is 4.24. The molecule has 0 atom stereocenters. The van der Waals surface area contributed by atoms with E-state index in [0.717, 1.165) is 19.2 Å². The third-order valence-electron chi connectivity index (χ3n) is 1.22. The van der Waals surface area contributed by atoms with Crippen LogP contribution < -0.4 is 0 Å². The summed E-state index contributed by atoms with van der Waals surface area (Å²) in [6.07, 6.45) is 0. The van der Waals surface area contributed by atoms with Crippen molar-refractivity contribution in [2.75, 3.05) is 7.11 Å². The molecule has 0 bridgehead atoms. The topological polar surface area (TPSA) is 26.3 Å². The van der Waals surface area contributed by atoms with Gasteiger partial charge in [0.1, 0.15) is 0 Å². The van der Waals surface area contributed by atoms with Crippen molar-refractivity contribution in [1.82, 2.24) is 0 Å². The number of hydrogen-bond acceptors (Lipinski definition) is 2. The predicted molar refractivity (Wildman–Crippen MR) is 45.5 cm³/mol. The van der Waals surface area contributed by atoms with Crippen LogP contribution >= 0.6 is 13.6 Å². The van der Waals surface area contributed by atoms with Gasteiger partial charge in [-0.15, -0.1) is 18.2 Å². The second-order valence-electron chi connectivity index (χ2n) is 2.06. The Morgan fingerprint density at radius 3 is 2.21 bits per heavy atom. The van der Waals surface area contributed by atoms with Crippen LogP contribution in [-0.4, -0.2) is 13.1 Å². The molecule has 0 unspecified atom stereocenters. The van der Waals surface area contributed by atoms with Crippen LogP contribution in [0.25, 0.3) is 0 Å². The molecule has 6 heteroatoms. The first-order valence-corrected chi connectivity index (χ1v) is 10.3. The van der Waals surface area contributed by atoms with Crippen LogP contribution in [0.2, 0.25) is 0 Å². The average molecular weight is 316 g/mol. The van der Waals surface area contributed by atoms with E-state index in [-0.39, 0.29) is 5.56 Å². The number of ether oxygens (including phenoxy) is 1. The van der Waals surface area contributed by atoms with Crippen molar-refractivity contribution >= 4 is 19.6 Å². The van der Waals surface area contributed by atoms with E-state index in [1.165, 1.54) is 16.3 Å². The van der Waals surface area contributed by atoms with Gasteiger partial charge in [0.2, 0.25) is 0 Å². The number of methoxy groups -OCH3 is 1. The molecular weight excluding hydrogens is 311 g/mol. The van der Waals surface area contributed by atoms with Gasteiger partial charge in [0, 0.05) is 11.6 Å². The predicted octanol–water partition coefficient (Wildman–Crippen LogP) is 2.39. The summed E-state index contributed by atoms with van der Waals surface area (Å²) in [6.45, 7) is 0. The molecule has 0 aliphatic rings. The zero-order valence-electron chi connectivity index (χ0n) is 7.31. The normalized spacial score (nSPS) is 8.71. The van der Waals surface area contributed by atoms with E-state index >= 15 is 0 Å². The summed E-state index contributed by atoms with van der Waals surface area (Å²) in [6, 6.07) is 3.46. The molecular formula is C8H5BrF2O2Zn. The summed E-state index contributed by atoms with van der Waals surface area (Å²) in [7, 11) is 1.13. The Morgan fingerprint density at radius 1 is 1.43 bits per heavy atom. The molecule has 72 valence electrons. The number of rotatable bonds is 1. The Labute approximate surface area is 96.7 Å². The summed E-state index contributed by atoms with van der Waals surface area (Å²) in [5.41, 5.74) is -0.161. The van der Waals surface area contributed by atoms with Gasteiger partial charge in [-0.2, -0.15) is 0 Å². The second-order valence-corrected chi connectivity index (χ2v) is 2.06. The van der Waals surface area contributed by atoms with Gasteiger partial charge in [-0.3, -0.25) is 0 Å². The molecule has 0 saturated heterocycles. The van der Waals surface area contributed by atoms with E-state index in [2.05, 4.69) is 18.4 Å². The Morgan fingerprint density at radius 2 is 1.86 bits per heavy atom. The number of hydrogen-bond donors (Lipinski definition) is 0. The van der Waals surface area contributed by atoms with Gasteiger partial charge >= 0.3 is 35.9 Å². The van der Waals surface area contributed by atoms with E-state index < -0.39 is 17.6 Å². The summed E-state index contributed by atoms with van der Waals surface area (Å²) in [5.74, 6) is -2.62. The van der Waals surface area contributed by atoms with E-state index in [1.807, 2.05) is 0 Å². The van der Waals surface area contributed by atoms with Crippen molar-refractivity contribution in [3.05, 3.63) is 35.4 Å². The molecule has 14 heavy (non-hydrogen) atoms. The van der Waals surface area contributed by atoms with Crippen molar-refractivity contribution in [2.24, 2.45) is 0 Å². The summed E-state index contributed by atoms with van der Waals surface area (Å²) in [4.78, 5) is 10.7. The fraction of sp³-hybridized carbons (Fsp3) is 0.125. The van der Waals surface area contributed by atoms with E-state index in [1.54, 1.807) is 6.07 Å². The molecule has 0 fully saturated rings. The first-order chi connectivity index (χ1) is 6.63. The number of benzene rings is 1. The van der Waals surface area contributed by atoms with Crippen molar-refractivity contribution < 1.29 is 34.7 Å². The maximum atomic E-state index is 12.4. The van der Waals surface area contributed by atoms with Crippen LogP contribution in [0, 0.1) is 17.7 Å². The van der Waals surface area contributed by atoms with Gasteiger partial charge < -0.3 is 4.74 Å². The Bertz CT molecular complexity index is 300. The molecule has 0 amide bonds. The standard InChI is InChI=1S/C8H5F2O2.BrH.Zn/c1-12-8(11)5-2-6(9)4-7(10)3-5;;/h2-3H,1H3;1H;/q-1;;+2/p-1. The Kier molecular flexibility index (Phi) is 6.84. The molecule has 2 nitrogen and oxygen atoms in total. The van der Waals surface area contributed by atoms with E-state index in [0.29, 0.717) is 0 Å². The van der Waals surface area contributed by atoms with Gasteiger partial charge in [-0.05, 0) is 5.56 Å². The Balaban J connectivity index is 0.000000791. The fourth-order valence-corrected chi connectivity index (χ4v) is 0.737. The summed E-state index contributed by atoms with van der Waals surface area (Å²) in [5, 5.41) is 0. The molecule has 0 aliphatic carbocycles. The molecule has 0 aromatic heterocycles. The number of esters is 1. The summed E-state index contributed by atoms with van der Waals surface area (Å²) >= 11 is 4.25. The average Bonchev–Trinajstić information content (AvgIpc) is 2.18. The molecule has 0 N–H and O–H groups in total. The van der Waals surface area contributed by atoms with Crippen LogP contribution in [0.15, 0.2) is 12.1 Å². The minimum atomic E-state index is -0.921. The van der Waals surface area contributed by atoms with Crippen molar-refractivity contribution in [2.45, 2.75) is 0 Å². The fourth-order valence-electron chi connectivity index (χ4n) is 0.737. The van der Waals surface area contributed by atoms with Gasteiger partial charge in [-0.25, -0.2) is 13.6 Å². The third-order valence-corrected chi connectivity index (χ3v) is 1.22. The molecule has 0 saturated carbocycles. The van der Waals surface area contributed by atoms with Gasteiger partial charge in [-0.1, -0.05) is 0 Å². The van der Waals surface area contributed by atoms with Gasteiger partial charge in [0.25, 0.3) is 0 Å². The molecule has 1 rings (SSSR count). The van der Waals surface area contributed by atoms with Crippen molar-refractivity contribution in [1.29, 1.82) is 0 Å². The van der Waals surface area contributed by atoms with Crippen LogP contribution in [0.5, 0.6) is 0 Å². The summed E-state index contributed by atoms with van der Waals surface area (Å²) < 4.78 is 29.1. The molecule has 1 aromatic rings. The molecule has 0 radical (unpaired) electrons. The maximum absolute atomic E-state index is 12.4. The zero-order chi connectivity index (χ0) is 11.1. The van der Waals surface area contributed by atoms with Gasteiger partial charge in [0.15, 0.2) is 0 Å². The number of carbonyl (C=O) groups is 1. The van der Waals surface area contributed by atoms with Gasteiger partial charge in [0.05, 0.1) is 7.11 Å². The molecule has 0 spiro atoms. The SMILES string of the molecule is COC(=O)c1cc(F)[c-]c(F)c1.[Zn+][Br].